The molecule has 0 spiro atoms. The molecule has 3 N–H and O–H groups in total. The van der Waals surface area contributed by atoms with E-state index in [-0.39, 0.29) is 28.7 Å². The van der Waals surface area contributed by atoms with Crippen LogP contribution in [0.4, 0.5) is 11.5 Å². The summed E-state index contributed by atoms with van der Waals surface area (Å²) in [6.45, 7) is 5.57. The van der Waals surface area contributed by atoms with E-state index >= 15 is 0 Å². The third-order valence-electron chi connectivity index (χ3n) is 3.24. The first kappa shape index (κ1) is 12.8. The van der Waals surface area contributed by atoms with Crippen LogP contribution in [0.2, 0.25) is 0 Å². The molecule has 100 valence electrons. The van der Waals surface area contributed by atoms with Gasteiger partial charge in [0.2, 0.25) is 5.82 Å². The molecule has 0 unspecified atom stereocenters. The highest BCUT2D eigenvalue weighted by Gasteiger charge is 2.32. The highest BCUT2D eigenvalue weighted by atomic mass is 16.6. The van der Waals surface area contributed by atoms with Crippen molar-refractivity contribution in [1.82, 2.24) is 9.78 Å². The summed E-state index contributed by atoms with van der Waals surface area (Å²) in [6.07, 6.45) is 1.69. The summed E-state index contributed by atoms with van der Waals surface area (Å²) >= 11 is 0. The Kier molecular flexibility index (Phi) is 3.25. The number of aromatic nitrogens is 2. The van der Waals surface area contributed by atoms with E-state index in [0.717, 1.165) is 12.8 Å². The van der Waals surface area contributed by atoms with Crippen LogP contribution in [0.1, 0.15) is 38.4 Å². The number of hydrogen-bond donors (Lipinski definition) is 2. The maximum atomic E-state index is 11.1. The van der Waals surface area contributed by atoms with Gasteiger partial charge in [0, 0.05) is 18.1 Å². The van der Waals surface area contributed by atoms with Crippen LogP contribution in [0.5, 0.6) is 0 Å². The van der Waals surface area contributed by atoms with Gasteiger partial charge in [-0.3, -0.25) is 10.1 Å². The van der Waals surface area contributed by atoms with Crippen molar-refractivity contribution < 1.29 is 4.92 Å². The van der Waals surface area contributed by atoms with Gasteiger partial charge in [-0.2, -0.15) is 5.10 Å². The average molecular weight is 253 g/mol. The van der Waals surface area contributed by atoms with Crippen molar-refractivity contribution in [2.24, 2.45) is 5.73 Å². The maximum Gasteiger partial charge on any atom is 0.333 e. The van der Waals surface area contributed by atoms with Crippen LogP contribution in [0.25, 0.3) is 0 Å². The van der Waals surface area contributed by atoms with Crippen molar-refractivity contribution in [3.05, 3.63) is 15.8 Å². The molecule has 0 radical (unpaired) electrons. The lowest BCUT2D eigenvalue weighted by Crippen LogP contribution is -2.44. The highest BCUT2D eigenvalue weighted by Crippen LogP contribution is 2.33. The summed E-state index contributed by atoms with van der Waals surface area (Å²) < 4.78 is 1.68. The zero-order valence-electron chi connectivity index (χ0n) is 10.9. The molecule has 1 aliphatic carbocycles. The van der Waals surface area contributed by atoms with E-state index in [1.807, 2.05) is 13.8 Å². The number of rotatable bonds is 4. The fraction of sp³-hybridized carbons (Fsp3) is 0.727. The Bertz CT molecular complexity index is 462. The second kappa shape index (κ2) is 4.56. The molecule has 1 heterocycles. The van der Waals surface area contributed by atoms with Gasteiger partial charge in [-0.1, -0.05) is 0 Å². The molecule has 0 aliphatic heterocycles. The van der Waals surface area contributed by atoms with Crippen LogP contribution in [-0.2, 0) is 0 Å². The van der Waals surface area contributed by atoms with Gasteiger partial charge in [0.15, 0.2) is 0 Å². The van der Waals surface area contributed by atoms with Gasteiger partial charge in [0.05, 0.1) is 4.92 Å². The number of nitro groups is 1. The smallest absolute Gasteiger partial charge is 0.333 e. The first-order valence-electron chi connectivity index (χ1n) is 6.15. The van der Waals surface area contributed by atoms with Crippen LogP contribution < -0.4 is 11.1 Å². The second-order valence-corrected chi connectivity index (χ2v) is 5.15. The number of anilines is 1. The van der Waals surface area contributed by atoms with Gasteiger partial charge in [-0.05, 0) is 33.6 Å². The van der Waals surface area contributed by atoms with E-state index in [1.54, 1.807) is 11.6 Å². The van der Waals surface area contributed by atoms with Gasteiger partial charge < -0.3 is 11.1 Å². The van der Waals surface area contributed by atoms with Gasteiger partial charge in [0.1, 0.15) is 5.69 Å². The van der Waals surface area contributed by atoms with Gasteiger partial charge >= 0.3 is 5.69 Å². The van der Waals surface area contributed by atoms with Crippen molar-refractivity contribution in [2.75, 3.05) is 5.32 Å². The fourth-order valence-corrected chi connectivity index (χ4v) is 2.24. The van der Waals surface area contributed by atoms with Gasteiger partial charge in [-0.25, -0.2) is 4.68 Å². The average Bonchev–Trinajstić information content (AvgIpc) is 2.53. The molecule has 0 saturated heterocycles. The molecule has 1 aromatic heterocycles. The topological polar surface area (TPSA) is 99.0 Å². The standard InChI is InChI=1S/C11H19N5O2/c1-6(2)15-11(13-9-4-8(12)5-9)10(16(17)18)7(3)14-15/h6,8-9,13H,4-5,12H2,1-3H3. The van der Waals surface area contributed by atoms with Crippen LogP contribution in [0.15, 0.2) is 0 Å². The second-order valence-electron chi connectivity index (χ2n) is 5.15. The van der Waals surface area contributed by atoms with Crippen molar-refractivity contribution in [3.63, 3.8) is 0 Å². The highest BCUT2D eigenvalue weighted by molar-refractivity contribution is 5.60. The summed E-state index contributed by atoms with van der Waals surface area (Å²) in [5.41, 5.74) is 6.24. The predicted octanol–water partition coefficient (Wildman–Crippen LogP) is 1.58. The molecule has 7 nitrogen and oxygen atoms in total. The molecule has 18 heavy (non-hydrogen) atoms. The Balaban J connectivity index is 2.32. The number of hydrogen-bond acceptors (Lipinski definition) is 5. The van der Waals surface area contributed by atoms with Gasteiger partial charge in [0.25, 0.3) is 0 Å². The third-order valence-corrected chi connectivity index (χ3v) is 3.24. The lowest BCUT2D eigenvalue weighted by Gasteiger charge is -2.33. The minimum atomic E-state index is -0.373. The molecule has 0 amide bonds. The zero-order chi connectivity index (χ0) is 13.4. The van der Waals surface area contributed by atoms with E-state index in [1.165, 1.54) is 0 Å². The minimum Gasteiger partial charge on any atom is -0.362 e. The van der Waals surface area contributed by atoms with Crippen molar-refractivity contribution in [3.8, 4) is 0 Å². The number of nitrogens with zero attached hydrogens (tertiary/aromatic N) is 3. The summed E-state index contributed by atoms with van der Waals surface area (Å²) in [6, 6.07) is 0.499. The third kappa shape index (κ3) is 2.17. The van der Waals surface area contributed by atoms with Crippen LogP contribution in [-0.4, -0.2) is 26.8 Å². The summed E-state index contributed by atoms with van der Waals surface area (Å²) in [5.74, 6) is 0.504. The van der Waals surface area contributed by atoms with E-state index in [9.17, 15) is 10.1 Å². The first-order chi connectivity index (χ1) is 8.40. The van der Waals surface area contributed by atoms with Crippen molar-refractivity contribution in [2.45, 2.75) is 51.7 Å². The fourth-order valence-electron chi connectivity index (χ4n) is 2.24. The summed E-state index contributed by atoms with van der Waals surface area (Å²) in [5, 5.41) is 18.6. The van der Waals surface area contributed by atoms with Gasteiger partial charge in [-0.15, -0.1) is 0 Å². The van der Waals surface area contributed by atoms with E-state index in [4.69, 9.17) is 5.73 Å². The Hall–Kier alpha value is -1.63. The largest absolute Gasteiger partial charge is 0.362 e. The monoisotopic (exact) mass is 253 g/mol. The molecule has 0 aromatic carbocycles. The molecule has 2 rings (SSSR count). The first-order valence-corrected chi connectivity index (χ1v) is 6.15. The number of nitrogens with one attached hydrogen (secondary N) is 1. The Labute approximate surface area is 105 Å². The van der Waals surface area contributed by atoms with Crippen LogP contribution in [0.3, 0.4) is 0 Å². The number of aryl methyl sites for hydroxylation is 1. The summed E-state index contributed by atoms with van der Waals surface area (Å²) in [7, 11) is 0. The number of nitrogens with two attached hydrogens (primary N) is 1. The Morgan fingerprint density at radius 2 is 2.17 bits per heavy atom. The summed E-state index contributed by atoms with van der Waals surface area (Å²) in [4.78, 5) is 10.7. The van der Waals surface area contributed by atoms with Crippen LogP contribution >= 0.6 is 0 Å². The maximum absolute atomic E-state index is 11.1. The van der Waals surface area contributed by atoms with E-state index in [0.29, 0.717) is 11.5 Å². The molecule has 1 saturated carbocycles. The lowest BCUT2D eigenvalue weighted by molar-refractivity contribution is -0.384. The molecule has 1 aliphatic rings. The molecule has 0 bridgehead atoms. The lowest BCUT2D eigenvalue weighted by atomic mass is 9.87. The molecule has 1 aromatic rings. The zero-order valence-corrected chi connectivity index (χ0v) is 10.9. The van der Waals surface area contributed by atoms with Crippen molar-refractivity contribution in [1.29, 1.82) is 0 Å². The quantitative estimate of drug-likeness (QED) is 0.627. The molecule has 0 atom stereocenters. The van der Waals surface area contributed by atoms with Crippen LogP contribution in [0, 0.1) is 17.0 Å². The molecular weight excluding hydrogens is 234 g/mol. The molecule has 1 fully saturated rings. The molecule has 7 heteroatoms. The van der Waals surface area contributed by atoms with E-state index in [2.05, 4.69) is 10.4 Å². The van der Waals surface area contributed by atoms with Crippen molar-refractivity contribution >= 4 is 11.5 Å². The Morgan fingerprint density at radius 3 is 2.61 bits per heavy atom. The SMILES string of the molecule is Cc1nn(C(C)C)c(NC2CC(N)C2)c1[N+](=O)[O-]. The Morgan fingerprint density at radius 1 is 1.56 bits per heavy atom. The van der Waals surface area contributed by atoms with E-state index < -0.39 is 0 Å². The molecular formula is C11H19N5O2. The minimum absolute atomic E-state index is 0.0733. The normalized spacial score (nSPS) is 22.9. The predicted molar refractivity (Wildman–Crippen MR) is 68.6 cm³/mol.